The highest BCUT2D eigenvalue weighted by molar-refractivity contribution is 5.81. The lowest BCUT2D eigenvalue weighted by Gasteiger charge is -1.92. The number of pyridine rings is 1. The second-order valence-electron chi connectivity index (χ2n) is 2.74. The molecule has 0 aliphatic heterocycles. The first-order valence-corrected chi connectivity index (χ1v) is 3.83. The molecule has 0 saturated carbocycles. The Morgan fingerprint density at radius 1 is 1.62 bits per heavy atom. The lowest BCUT2D eigenvalue weighted by molar-refractivity contribution is 0.474. The number of nitrogens with zero attached hydrogens (tertiary/aromatic N) is 2. The SMILES string of the molecule is N#CCc1c[nH]c2ncc(O)cc12. The third-order valence-electron chi connectivity index (χ3n) is 1.87. The number of rotatable bonds is 1. The first kappa shape index (κ1) is 7.62. The van der Waals surface area contributed by atoms with Gasteiger partial charge in [-0.05, 0) is 11.6 Å². The van der Waals surface area contributed by atoms with Gasteiger partial charge in [0, 0.05) is 11.6 Å². The number of hydrogen-bond donors (Lipinski definition) is 2. The molecular weight excluding hydrogens is 166 g/mol. The van der Waals surface area contributed by atoms with Crippen molar-refractivity contribution >= 4 is 11.0 Å². The zero-order chi connectivity index (χ0) is 9.26. The molecule has 0 amide bonds. The second-order valence-corrected chi connectivity index (χ2v) is 2.74. The molecular formula is C9H7N3O. The van der Waals surface area contributed by atoms with E-state index in [4.69, 9.17) is 5.26 Å². The van der Waals surface area contributed by atoms with E-state index in [1.807, 2.05) is 0 Å². The fourth-order valence-corrected chi connectivity index (χ4v) is 1.28. The van der Waals surface area contributed by atoms with E-state index in [9.17, 15) is 5.11 Å². The molecule has 0 saturated heterocycles. The Morgan fingerprint density at radius 2 is 2.46 bits per heavy atom. The number of fused-ring (bicyclic) bond motifs is 1. The molecule has 0 bridgehead atoms. The van der Waals surface area contributed by atoms with Crippen molar-refractivity contribution in [1.29, 1.82) is 5.26 Å². The van der Waals surface area contributed by atoms with Crippen molar-refractivity contribution in [1.82, 2.24) is 9.97 Å². The summed E-state index contributed by atoms with van der Waals surface area (Å²) in [6.07, 6.45) is 3.43. The number of nitrogens with one attached hydrogen (secondary N) is 1. The van der Waals surface area contributed by atoms with E-state index in [2.05, 4.69) is 16.0 Å². The summed E-state index contributed by atoms with van der Waals surface area (Å²) >= 11 is 0. The first-order valence-electron chi connectivity index (χ1n) is 3.83. The molecule has 0 aliphatic rings. The van der Waals surface area contributed by atoms with E-state index >= 15 is 0 Å². The van der Waals surface area contributed by atoms with Crippen molar-refractivity contribution in [2.75, 3.05) is 0 Å². The van der Waals surface area contributed by atoms with Crippen LogP contribution in [0, 0.1) is 11.3 Å². The van der Waals surface area contributed by atoms with E-state index in [0.717, 1.165) is 10.9 Å². The van der Waals surface area contributed by atoms with Crippen molar-refractivity contribution in [2.24, 2.45) is 0 Å². The summed E-state index contributed by atoms with van der Waals surface area (Å²) in [7, 11) is 0. The Bertz CT molecular complexity index is 481. The summed E-state index contributed by atoms with van der Waals surface area (Å²) in [5, 5.41) is 18.5. The standard InChI is InChI=1S/C9H7N3O/c10-2-1-6-4-11-9-8(6)3-7(13)5-12-9/h3-5,13H,1H2,(H,11,12). The van der Waals surface area contributed by atoms with Crippen molar-refractivity contribution in [3.8, 4) is 11.8 Å². The number of aromatic amines is 1. The van der Waals surface area contributed by atoms with Crippen molar-refractivity contribution in [2.45, 2.75) is 6.42 Å². The van der Waals surface area contributed by atoms with E-state index in [1.165, 1.54) is 6.20 Å². The molecule has 64 valence electrons. The Morgan fingerprint density at radius 3 is 3.23 bits per heavy atom. The summed E-state index contributed by atoms with van der Waals surface area (Å²) in [4.78, 5) is 6.90. The maximum Gasteiger partial charge on any atom is 0.137 e. The van der Waals surface area contributed by atoms with Gasteiger partial charge in [-0.2, -0.15) is 5.26 Å². The highest BCUT2D eigenvalue weighted by Crippen LogP contribution is 2.20. The Kier molecular flexibility index (Phi) is 1.64. The highest BCUT2D eigenvalue weighted by Gasteiger charge is 2.04. The minimum atomic E-state index is 0.117. The predicted octanol–water partition coefficient (Wildman–Crippen LogP) is 1.33. The zero-order valence-electron chi connectivity index (χ0n) is 6.78. The van der Waals surface area contributed by atoms with Gasteiger partial charge in [-0.3, -0.25) is 0 Å². The normalized spacial score (nSPS) is 10.1. The van der Waals surface area contributed by atoms with Gasteiger partial charge in [0.2, 0.25) is 0 Å². The van der Waals surface area contributed by atoms with Crippen LogP contribution in [0.4, 0.5) is 0 Å². The fraction of sp³-hybridized carbons (Fsp3) is 0.111. The number of aromatic hydroxyl groups is 1. The van der Waals surface area contributed by atoms with E-state index in [-0.39, 0.29) is 5.75 Å². The molecule has 2 aromatic heterocycles. The lowest BCUT2D eigenvalue weighted by Crippen LogP contribution is -1.78. The van der Waals surface area contributed by atoms with Crippen LogP contribution in [0.25, 0.3) is 11.0 Å². The van der Waals surface area contributed by atoms with E-state index in [1.54, 1.807) is 12.3 Å². The largest absolute Gasteiger partial charge is 0.506 e. The molecule has 0 atom stereocenters. The second kappa shape index (κ2) is 2.79. The van der Waals surface area contributed by atoms with Gasteiger partial charge in [-0.25, -0.2) is 4.98 Å². The van der Waals surface area contributed by atoms with Crippen molar-refractivity contribution < 1.29 is 5.11 Å². The van der Waals surface area contributed by atoms with Crippen LogP contribution in [0.1, 0.15) is 5.56 Å². The third-order valence-corrected chi connectivity index (χ3v) is 1.87. The summed E-state index contributed by atoms with van der Waals surface area (Å²) < 4.78 is 0. The van der Waals surface area contributed by atoms with Gasteiger partial charge in [-0.15, -0.1) is 0 Å². The molecule has 4 heteroatoms. The van der Waals surface area contributed by atoms with Gasteiger partial charge in [0.25, 0.3) is 0 Å². The minimum Gasteiger partial charge on any atom is -0.506 e. The quantitative estimate of drug-likeness (QED) is 0.683. The van der Waals surface area contributed by atoms with E-state index < -0.39 is 0 Å². The molecule has 0 aromatic carbocycles. The molecule has 2 heterocycles. The summed E-state index contributed by atoms with van der Waals surface area (Å²) in [5.41, 5.74) is 1.56. The van der Waals surface area contributed by atoms with Crippen LogP contribution in [-0.2, 0) is 6.42 Å². The Balaban J connectivity index is 2.66. The molecule has 2 N–H and O–H groups in total. The molecule has 4 nitrogen and oxygen atoms in total. The van der Waals surface area contributed by atoms with E-state index in [0.29, 0.717) is 12.1 Å². The van der Waals surface area contributed by atoms with Gasteiger partial charge in [-0.1, -0.05) is 0 Å². The molecule has 0 radical (unpaired) electrons. The molecule has 0 fully saturated rings. The smallest absolute Gasteiger partial charge is 0.137 e. The van der Waals surface area contributed by atoms with Gasteiger partial charge in [0.05, 0.1) is 18.7 Å². The molecule has 2 aromatic rings. The monoisotopic (exact) mass is 173 g/mol. The maximum absolute atomic E-state index is 9.18. The summed E-state index contributed by atoms with van der Waals surface area (Å²) in [5.74, 6) is 0.117. The molecule has 0 spiro atoms. The van der Waals surface area contributed by atoms with Crippen LogP contribution < -0.4 is 0 Å². The minimum absolute atomic E-state index is 0.117. The van der Waals surface area contributed by atoms with Gasteiger partial charge in [0.1, 0.15) is 11.4 Å². The molecule has 0 aliphatic carbocycles. The molecule has 2 rings (SSSR count). The van der Waals surface area contributed by atoms with Crippen LogP contribution in [0.15, 0.2) is 18.5 Å². The average molecular weight is 173 g/mol. The Hall–Kier alpha value is -2.02. The van der Waals surface area contributed by atoms with Crippen LogP contribution in [0.2, 0.25) is 0 Å². The van der Waals surface area contributed by atoms with Crippen molar-refractivity contribution in [3.05, 3.63) is 24.0 Å². The van der Waals surface area contributed by atoms with Crippen LogP contribution in [0.3, 0.4) is 0 Å². The lowest BCUT2D eigenvalue weighted by atomic mass is 10.2. The number of nitriles is 1. The molecule has 13 heavy (non-hydrogen) atoms. The predicted molar refractivity (Wildman–Crippen MR) is 47.1 cm³/mol. The van der Waals surface area contributed by atoms with Gasteiger partial charge >= 0.3 is 0 Å². The topological polar surface area (TPSA) is 72.7 Å². The molecule has 0 unspecified atom stereocenters. The number of hydrogen-bond acceptors (Lipinski definition) is 3. The van der Waals surface area contributed by atoms with Crippen molar-refractivity contribution in [3.63, 3.8) is 0 Å². The first-order chi connectivity index (χ1) is 6.31. The van der Waals surface area contributed by atoms with Crippen LogP contribution in [-0.4, -0.2) is 15.1 Å². The van der Waals surface area contributed by atoms with Gasteiger partial charge in [0.15, 0.2) is 0 Å². The average Bonchev–Trinajstić information content (AvgIpc) is 2.49. The fourth-order valence-electron chi connectivity index (χ4n) is 1.28. The van der Waals surface area contributed by atoms with Crippen LogP contribution >= 0.6 is 0 Å². The number of H-pyrrole nitrogens is 1. The van der Waals surface area contributed by atoms with Crippen LogP contribution in [0.5, 0.6) is 5.75 Å². The summed E-state index contributed by atoms with van der Waals surface area (Å²) in [6, 6.07) is 3.65. The number of aromatic nitrogens is 2. The zero-order valence-corrected chi connectivity index (χ0v) is 6.78. The maximum atomic E-state index is 9.18. The highest BCUT2D eigenvalue weighted by atomic mass is 16.3. The van der Waals surface area contributed by atoms with Gasteiger partial charge < -0.3 is 10.1 Å². The Labute approximate surface area is 74.5 Å². The summed E-state index contributed by atoms with van der Waals surface area (Å²) in [6.45, 7) is 0. The third kappa shape index (κ3) is 1.20.